The van der Waals surface area contributed by atoms with Gasteiger partial charge in [-0.3, -0.25) is 9.59 Å². The third-order valence-electron chi connectivity index (χ3n) is 3.42. The normalized spacial score (nSPS) is 17.9. The highest BCUT2D eigenvalue weighted by Gasteiger charge is 2.26. The molecule has 1 fully saturated rings. The second-order valence-electron chi connectivity index (χ2n) is 4.85. The van der Waals surface area contributed by atoms with E-state index in [1.54, 1.807) is 11.8 Å². The van der Waals surface area contributed by atoms with E-state index in [1.165, 1.54) is 7.11 Å². The van der Waals surface area contributed by atoms with Gasteiger partial charge in [-0.15, -0.1) is 0 Å². The average Bonchev–Trinajstić information content (AvgIpc) is 2.89. The zero-order chi connectivity index (χ0) is 14.5. The monoisotopic (exact) mass is 277 g/mol. The number of esters is 1. The minimum absolute atomic E-state index is 0.0160. The number of hydrogen-bond acceptors (Lipinski definition) is 4. The molecule has 1 amide bonds. The smallest absolute Gasteiger partial charge is 0.310 e. The van der Waals surface area contributed by atoms with Crippen molar-refractivity contribution in [1.82, 2.24) is 4.90 Å². The van der Waals surface area contributed by atoms with Crippen molar-refractivity contribution in [3.63, 3.8) is 0 Å². The standard InChI is InChI=1S/C15H19NO4/c1-11(17)16-8-7-13(10-16)20-14-6-4-3-5-12(14)9-15(18)19-2/h3-6,13H,7-10H2,1-2H3. The summed E-state index contributed by atoms with van der Waals surface area (Å²) in [5.74, 6) is 0.463. The van der Waals surface area contributed by atoms with Gasteiger partial charge in [0.05, 0.1) is 20.1 Å². The van der Waals surface area contributed by atoms with Gasteiger partial charge < -0.3 is 14.4 Å². The first kappa shape index (κ1) is 14.4. The highest BCUT2D eigenvalue weighted by atomic mass is 16.5. The van der Waals surface area contributed by atoms with Crippen LogP contribution in [0.3, 0.4) is 0 Å². The van der Waals surface area contributed by atoms with Crippen molar-refractivity contribution in [3.8, 4) is 5.75 Å². The van der Waals surface area contributed by atoms with Crippen molar-refractivity contribution in [2.75, 3.05) is 20.2 Å². The molecule has 0 saturated carbocycles. The maximum atomic E-state index is 11.4. The molecule has 1 atom stereocenters. The number of carbonyl (C=O) groups is 2. The SMILES string of the molecule is COC(=O)Cc1ccccc1OC1CCN(C(C)=O)C1. The number of nitrogens with zero attached hydrogens (tertiary/aromatic N) is 1. The minimum Gasteiger partial charge on any atom is -0.488 e. The van der Waals surface area contributed by atoms with Gasteiger partial charge in [-0.05, 0) is 6.07 Å². The summed E-state index contributed by atoms with van der Waals surface area (Å²) in [5.41, 5.74) is 0.806. The average molecular weight is 277 g/mol. The first-order valence-corrected chi connectivity index (χ1v) is 6.67. The van der Waals surface area contributed by atoms with Gasteiger partial charge in [0, 0.05) is 25.5 Å². The van der Waals surface area contributed by atoms with Crippen LogP contribution in [0.5, 0.6) is 5.75 Å². The molecule has 5 nitrogen and oxygen atoms in total. The molecule has 1 aromatic rings. The van der Waals surface area contributed by atoms with Crippen molar-refractivity contribution in [3.05, 3.63) is 29.8 Å². The van der Waals surface area contributed by atoms with Crippen LogP contribution in [0.2, 0.25) is 0 Å². The zero-order valence-corrected chi connectivity index (χ0v) is 11.8. The quantitative estimate of drug-likeness (QED) is 0.781. The molecule has 0 bridgehead atoms. The topological polar surface area (TPSA) is 55.8 Å². The Balaban J connectivity index is 2.03. The van der Waals surface area contributed by atoms with Gasteiger partial charge in [-0.1, -0.05) is 18.2 Å². The molecular weight excluding hydrogens is 258 g/mol. The third kappa shape index (κ3) is 3.50. The summed E-state index contributed by atoms with van der Waals surface area (Å²) in [6.45, 7) is 2.88. The molecule has 1 aliphatic heterocycles. The van der Waals surface area contributed by atoms with Crippen LogP contribution in [0.4, 0.5) is 0 Å². The van der Waals surface area contributed by atoms with Gasteiger partial charge in [0.1, 0.15) is 11.9 Å². The molecule has 5 heteroatoms. The summed E-state index contributed by atoms with van der Waals surface area (Å²) < 4.78 is 10.6. The number of carbonyl (C=O) groups excluding carboxylic acids is 2. The van der Waals surface area contributed by atoms with Crippen LogP contribution < -0.4 is 4.74 Å². The van der Waals surface area contributed by atoms with Crippen LogP contribution in [0, 0.1) is 0 Å². The number of methoxy groups -OCH3 is 1. The summed E-state index contributed by atoms with van der Waals surface area (Å²) in [6, 6.07) is 7.42. The molecule has 20 heavy (non-hydrogen) atoms. The Hall–Kier alpha value is -2.04. The summed E-state index contributed by atoms with van der Waals surface area (Å²) in [7, 11) is 1.37. The van der Waals surface area contributed by atoms with E-state index < -0.39 is 0 Å². The lowest BCUT2D eigenvalue weighted by Gasteiger charge is -2.17. The lowest BCUT2D eigenvalue weighted by molar-refractivity contribution is -0.139. The summed E-state index contributed by atoms with van der Waals surface area (Å²) in [6.07, 6.45) is 0.986. The van der Waals surface area contributed by atoms with Gasteiger partial charge >= 0.3 is 5.97 Å². The third-order valence-corrected chi connectivity index (χ3v) is 3.42. The highest BCUT2D eigenvalue weighted by Crippen LogP contribution is 2.23. The van der Waals surface area contributed by atoms with Crippen molar-refractivity contribution < 1.29 is 19.1 Å². The summed E-state index contributed by atoms with van der Waals surface area (Å²) in [4.78, 5) is 24.5. The summed E-state index contributed by atoms with van der Waals surface area (Å²) >= 11 is 0. The number of likely N-dealkylation sites (tertiary alicyclic amines) is 1. The first-order chi connectivity index (χ1) is 9.60. The maximum absolute atomic E-state index is 11.4. The van der Waals surface area contributed by atoms with E-state index >= 15 is 0 Å². The van der Waals surface area contributed by atoms with E-state index in [-0.39, 0.29) is 24.4 Å². The molecule has 1 aliphatic rings. The van der Waals surface area contributed by atoms with E-state index in [1.807, 2.05) is 24.3 Å². The largest absolute Gasteiger partial charge is 0.488 e. The van der Waals surface area contributed by atoms with Crippen molar-refractivity contribution in [2.24, 2.45) is 0 Å². The van der Waals surface area contributed by atoms with Gasteiger partial charge in [-0.2, -0.15) is 0 Å². The first-order valence-electron chi connectivity index (χ1n) is 6.67. The number of para-hydroxylation sites is 1. The van der Waals surface area contributed by atoms with E-state index in [0.717, 1.165) is 18.5 Å². The van der Waals surface area contributed by atoms with Crippen LogP contribution in [-0.2, 0) is 20.7 Å². The predicted molar refractivity (Wildman–Crippen MR) is 73.4 cm³/mol. The van der Waals surface area contributed by atoms with Crippen molar-refractivity contribution in [2.45, 2.75) is 25.9 Å². The molecule has 2 rings (SSSR count). The van der Waals surface area contributed by atoms with Crippen LogP contribution in [0.15, 0.2) is 24.3 Å². The fraction of sp³-hybridized carbons (Fsp3) is 0.467. The maximum Gasteiger partial charge on any atom is 0.310 e. The van der Waals surface area contributed by atoms with Gasteiger partial charge in [0.25, 0.3) is 0 Å². The lowest BCUT2D eigenvalue weighted by atomic mass is 10.1. The van der Waals surface area contributed by atoms with E-state index in [9.17, 15) is 9.59 Å². The fourth-order valence-electron chi connectivity index (χ4n) is 2.28. The Labute approximate surface area is 118 Å². The number of ether oxygens (including phenoxy) is 2. The Morgan fingerprint density at radius 1 is 1.35 bits per heavy atom. The lowest BCUT2D eigenvalue weighted by Crippen LogP contribution is -2.28. The molecular formula is C15H19NO4. The molecule has 1 aromatic carbocycles. The van der Waals surface area contributed by atoms with Gasteiger partial charge in [-0.25, -0.2) is 0 Å². The van der Waals surface area contributed by atoms with Crippen LogP contribution in [0.1, 0.15) is 18.9 Å². The van der Waals surface area contributed by atoms with Gasteiger partial charge in [0.15, 0.2) is 0 Å². The summed E-state index contributed by atoms with van der Waals surface area (Å²) in [5, 5.41) is 0. The molecule has 1 heterocycles. The number of rotatable bonds is 4. The fourth-order valence-corrected chi connectivity index (χ4v) is 2.28. The minimum atomic E-state index is -0.294. The van der Waals surface area contributed by atoms with Crippen LogP contribution in [0.25, 0.3) is 0 Å². The Morgan fingerprint density at radius 2 is 2.10 bits per heavy atom. The second-order valence-corrected chi connectivity index (χ2v) is 4.85. The second kappa shape index (κ2) is 6.41. The van der Waals surface area contributed by atoms with Crippen molar-refractivity contribution in [1.29, 1.82) is 0 Å². The van der Waals surface area contributed by atoms with Crippen LogP contribution in [-0.4, -0.2) is 43.1 Å². The van der Waals surface area contributed by atoms with Gasteiger partial charge in [0.2, 0.25) is 5.91 Å². The highest BCUT2D eigenvalue weighted by molar-refractivity contribution is 5.74. The van der Waals surface area contributed by atoms with E-state index in [4.69, 9.17) is 4.74 Å². The number of hydrogen-bond donors (Lipinski definition) is 0. The Kier molecular flexibility index (Phi) is 4.61. The predicted octanol–water partition coefficient (Wildman–Crippen LogP) is 1.40. The molecule has 0 aromatic heterocycles. The molecule has 1 unspecified atom stereocenters. The van der Waals surface area contributed by atoms with E-state index in [0.29, 0.717) is 12.3 Å². The Morgan fingerprint density at radius 3 is 2.75 bits per heavy atom. The molecule has 108 valence electrons. The van der Waals surface area contributed by atoms with E-state index in [2.05, 4.69) is 4.74 Å². The van der Waals surface area contributed by atoms with Crippen LogP contribution >= 0.6 is 0 Å². The molecule has 0 radical (unpaired) electrons. The molecule has 0 spiro atoms. The number of benzene rings is 1. The Bertz CT molecular complexity index is 500. The molecule has 1 saturated heterocycles. The van der Waals surface area contributed by atoms with Crippen molar-refractivity contribution >= 4 is 11.9 Å². The zero-order valence-electron chi connectivity index (χ0n) is 11.8. The molecule has 0 N–H and O–H groups in total. The number of amides is 1. The molecule has 0 aliphatic carbocycles.